The SMILES string of the molecule is COc1ccc(/C=C2/C(=O)NC(=O)N(c3cccc(Cl)c3)C2=O)cc1Cl. The van der Waals surface area contributed by atoms with Gasteiger partial charge in [0.2, 0.25) is 0 Å². The molecule has 1 fully saturated rings. The zero-order valence-electron chi connectivity index (χ0n) is 13.5. The molecule has 0 aromatic heterocycles. The number of nitrogens with one attached hydrogen (secondary N) is 1. The number of amides is 4. The molecular formula is C18H12Cl2N2O4. The molecule has 0 aliphatic carbocycles. The van der Waals surface area contributed by atoms with Crippen LogP contribution in [0.5, 0.6) is 5.75 Å². The Kier molecular flexibility index (Phi) is 4.97. The largest absolute Gasteiger partial charge is 0.495 e. The third-order valence-corrected chi connectivity index (χ3v) is 4.19. The molecule has 26 heavy (non-hydrogen) atoms. The van der Waals surface area contributed by atoms with E-state index in [0.29, 0.717) is 21.4 Å². The van der Waals surface area contributed by atoms with E-state index in [2.05, 4.69) is 5.32 Å². The Morgan fingerprint density at radius 1 is 1.08 bits per heavy atom. The number of ether oxygens (including phenoxy) is 1. The molecule has 1 aliphatic rings. The number of imide groups is 2. The van der Waals surface area contributed by atoms with Gasteiger partial charge in [-0.25, -0.2) is 9.69 Å². The van der Waals surface area contributed by atoms with Crippen LogP contribution in [0.15, 0.2) is 48.0 Å². The molecule has 2 aromatic carbocycles. The van der Waals surface area contributed by atoms with Crippen LogP contribution in [0.4, 0.5) is 10.5 Å². The van der Waals surface area contributed by atoms with Gasteiger partial charge < -0.3 is 4.74 Å². The Balaban J connectivity index is 2.01. The summed E-state index contributed by atoms with van der Waals surface area (Å²) in [7, 11) is 1.48. The number of carbonyl (C=O) groups excluding carboxylic acids is 3. The molecule has 0 radical (unpaired) electrons. The summed E-state index contributed by atoms with van der Waals surface area (Å²) in [6.45, 7) is 0. The van der Waals surface area contributed by atoms with Gasteiger partial charge in [-0.3, -0.25) is 14.9 Å². The van der Waals surface area contributed by atoms with Crippen LogP contribution in [-0.4, -0.2) is 25.0 Å². The normalized spacial score (nSPS) is 16.0. The summed E-state index contributed by atoms with van der Waals surface area (Å²) < 4.78 is 5.07. The number of hydrogen-bond acceptors (Lipinski definition) is 4. The summed E-state index contributed by atoms with van der Waals surface area (Å²) in [4.78, 5) is 37.9. The zero-order chi connectivity index (χ0) is 18.8. The maximum Gasteiger partial charge on any atom is 0.335 e. The number of benzene rings is 2. The zero-order valence-corrected chi connectivity index (χ0v) is 15.0. The van der Waals surface area contributed by atoms with Gasteiger partial charge in [0.05, 0.1) is 17.8 Å². The molecule has 1 aliphatic heterocycles. The lowest BCUT2D eigenvalue weighted by molar-refractivity contribution is -0.122. The van der Waals surface area contributed by atoms with Gasteiger partial charge in [0.15, 0.2) is 0 Å². The van der Waals surface area contributed by atoms with E-state index in [0.717, 1.165) is 4.90 Å². The fourth-order valence-electron chi connectivity index (χ4n) is 2.45. The third kappa shape index (κ3) is 3.42. The third-order valence-electron chi connectivity index (χ3n) is 3.65. The van der Waals surface area contributed by atoms with Crippen molar-refractivity contribution in [2.75, 3.05) is 12.0 Å². The fourth-order valence-corrected chi connectivity index (χ4v) is 2.90. The van der Waals surface area contributed by atoms with Gasteiger partial charge in [0.25, 0.3) is 11.8 Å². The van der Waals surface area contributed by atoms with E-state index < -0.39 is 17.8 Å². The highest BCUT2D eigenvalue weighted by Gasteiger charge is 2.36. The lowest BCUT2D eigenvalue weighted by Crippen LogP contribution is -2.54. The number of halogens is 2. The van der Waals surface area contributed by atoms with E-state index >= 15 is 0 Å². The van der Waals surface area contributed by atoms with E-state index in [1.807, 2.05) is 0 Å². The van der Waals surface area contributed by atoms with E-state index in [1.165, 1.54) is 19.3 Å². The minimum Gasteiger partial charge on any atom is -0.495 e. The summed E-state index contributed by atoms with van der Waals surface area (Å²) in [6, 6.07) is 10.2. The first-order chi connectivity index (χ1) is 12.4. The minimum atomic E-state index is -0.841. The molecular weight excluding hydrogens is 379 g/mol. The van der Waals surface area contributed by atoms with Gasteiger partial charge in [0.1, 0.15) is 11.3 Å². The Morgan fingerprint density at radius 2 is 1.85 bits per heavy atom. The van der Waals surface area contributed by atoms with E-state index in [9.17, 15) is 14.4 Å². The number of carbonyl (C=O) groups is 3. The molecule has 0 atom stereocenters. The van der Waals surface area contributed by atoms with Gasteiger partial charge in [-0.1, -0.05) is 35.3 Å². The summed E-state index contributed by atoms with van der Waals surface area (Å²) in [5, 5.41) is 2.82. The van der Waals surface area contributed by atoms with Crippen molar-refractivity contribution in [3.05, 3.63) is 63.6 Å². The van der Waals surface area contributed by atoms with Crippen LogP contribution in [0.25, 0.3) is 6.08 Å². The average molecular weight is 391 g/mol. The van der Waals surface area contributed by atoms with Crippen LogP contribution < -0.4 is 15.0 Å². The second kappa shape index (κ2) is 7.19. The van der Waals surface area contributed by atoms with E-state index in [1.54, 1.807) is 36.4 Å². The van der Waals surface area contributed by atoms with Crippen LogP contribution in [0.2, 0.25) is 10.0 Å². The summed E-state index contributed by atoms with van der Waals surface area (Å²) >= 11 is 12.0. The Labute approximate surface area is 158 Å². The lowest BCUT2D eigenvalue weighted by atomic mass is 10.1. The molecule has 1 N–H and O–H groups in total. The van der Waals surface area contributed by atoms with Gasteiger partial charge in [-0.2, -0.15) is 0 Å². The Morgan fingerprint density at radius 3 is 2.50 bits per heavy atom. The topological polar surface area (TPSA) is 75.7 Å². The molecule has 3 rings (SSSR count). The highest BCUT2D eigenvalue weighted by atomic mass is 35.5. The fraction of sp³-hybridized carbons (Fsp3) is 0.0556. The summed E-state index contributed by atoms with van der Waals surface area (Å²) in [5.74, 6) is -1.08. The van der Waals surface area contributed by atoms with Gasteiger partial charge in [-0.15, -0.1) is 0 Å². The molecule has 2 aromatic rings. The Hall–Kier alpha value is -2.83. The molecule has 6 nitrogen and oxygen atoms in total. The second-order valence-corrected chi connectivity index (χ2v) is 6.18. The van der Waals surface area contributed by atoms with Crippen LogP contribution >= 0.6 is 23.2 Å². The number of hydrogen-bond donors (Lipinski definition) is 1. The van der Waals surface area contributed by atoms with Crippen molar-refractivity contribution in [3.8, 4) is 5.75 Å². The number of nitrogens with zero attached hydrogens (tertiary/aromatic N) is 1. The second-order valence-electron chi connectivity index (χ2n) is 5.33. The van der Waals surface area contributed by atoms with Crippen molar-refractivity contribution in [2.24, 2.45) is 0 Å². The first-order valence-electron chi connectivity index (χ1n) is 7.41. The predicted octanol–water partition coefficient (Wildman–Crippen LogP) is 3.67. The molecule has 1 heterocycles. The lowest BCUT2D eigenvalue weighted by Gasteiger charge is -2.26. The highest BCUT2D eigenvalue weighted by Crippen LogP contribution is 2.28. The van der Waals surface area contributed by atoms with Crippen LogP contribution in [0, 0.1) is 0 Å². The number of urea groups is 1. The molecule has 1 saturated heterocycles. The molecule has 0 bridgehead atoms. The molecule has 0 unspecified atom stereocenters. The number of barbiturate groups is 1. The number of anilines is 1. The molecule has 132 valence electrons. The first kappa shape index (κ1) is 18.0. The standard InChI is InChI=1S/C18H12Cl2N2O4/c1-26-15-6-5-10(8-14(15)20)7-13-16(23)21-18(25)22(17(13)24)12-4-2-3-11(19)9-12/h2-9H,1H3,(H,21,23,25)/b13-7-. The van der Waals surface area contributed by atoms with Gasteiger partial charge in [0, 0.05) is 5.02 Å². The molecule has 0 spiro atoms. The summed E-state index contributed by atoms with van der Waals surface area (Å²) in [5.41, 5.74) is 0.562. The van der Waals surface area contributed by atoms with E-state index in [-0.39, 0.29) is 11.3 Å². The predicted molar refractivity (Wildman–Crippen MR) is 98.5 cm³/mol. The first-order valence-corrected chi connectivity index (χ1v) is 8.17. The van der Waals surface area contributed by atoms with E-state index in [4.69, 9.17) is 27.9 Å². The monoisotopic (exact) mass is 390 g/mol. The smallest absolute Gasteiger partial charge is 0.335 e. The maximum absolute atomic E-state index is 12.7. The van der Waals surface area contributed by atoms with Crippen LogP contribution in [0.1, 0.15) is 5.56 Å². The molecule has 8 heteroatoms. The van der Waals surface area contributed by atoms with Gasteiger partial charge in [-0.05, 0) is 42.0 Å². The minimum absolute atomic E-state index is 0.203. The Bertz CT molecular complexity index is 956. The van der Waals surface area contributed by atoms with Crippen molar-refractivity contribution in [3.63, 3.8) is 0 Å². The maximum atomic E-state index is 12.7. The van der Waals surface area contributed by atoms with Crippen LogP contribution in [0.3, 0.4) is 0 Å². The number of rotatable bonds is 3. The number of methoxy groups -OCH3 is 1. The summed E-state index contributed by atoms with van der Waals surface area (Å²) in [6.07, 6.45) is 1.35. The molecule has 4 amide bonds. The van der Waals surface area contributed by atoms with Crippen molar-refractivity contribution in [2.45, 2.75) is 0 Å². The average Bonchev–Trinajstić information content (AvgIpc) is 2.58. The molecule has 0 saturated carbocycles. The van der Waals surface area contributed by atoms with Gasteiger partial charge >= 0.3 is 6.03 Å². The van der Waals surface area contributed by atoms with Crippen molar-refractivity contribution >= 4 is 52.8 Å². The van der Waals surface area contributed by atoms with Crippen LogP contribution in [-0.2, 0) is 9.59 Å². The van der Waals surface area contributed by atoms with Crippen molar-refractivity contribution in [1.29, 1.82) is 0 Å². The van der Waals surface area contributed by atoms with Crippen molar-refractivity contribution in [1.82, 2.24) is 5.32 Å². The quantitative estimate of drug-likeness (QED) is 0.640. The van der Waals surface area contributed by atoms with Crippen molar-refractivity contribution < 1.29 is 19.1 Å². The highest BCUT2D eigenvalue weighted by molar-refractivity contribution is 6.39.